The molecule has 2 aromatic carbocycles. The molecule has 122 valence electrons. The standard InChI is InChI=1S/C16H13N3O4S/c20-15(17-11-4-3-5-12(10-11)19(21)22)8-9-18-13-6-1-2-7-14(13)23-16(18)24/h1-7,10H,8-9H2,(H,17,20). The Hall–Kier alpha value is -3.00. The van der Waals surface area contributed by atoms with Crippen molar-refractivity contribution >= 4 is 40.6 Å². The molecule has 8 heteroatoms. The molecule has 3 rings (SSSR count). The number of nitrogens with one attached hydrogen (secondary N) is 1. The minimum absolute atomic E-state index is 0.0733. The first-order valence-corrected chi connectivity index (χ1v) is 7.58. The average molecular weight is 343 g/mol. The highest BCUT2D eigenvalue weighted by Gasteiger charge is 2.10. The van der Waals surface area contributed by atoms with Crippen LogP contribution in [0.1, 0.15) is 6.42 Å². The number of nitro groups is 1. The van der Waals surface area contributed by atoms with Crippen molar-refractivity contribution in [1.29, 1.82) is 0 Å². The number of para-hydroxylation sites is 2. The molecular weight excluding hydrogens is 330 g/mol. The second-order valence-electron chi connectivity index (χ2n) is 5.09. The molecule has 1 N–H and O–H groups in total. The van der Waals surface area contributed by atoms with Gasteiger partial charge in [0.05, 0.1) is 10.4 Å². The van der Waals surface area contributed by atoms with E-state index in [0.717, 1.165) is 5.52 Å². The molecule has 0 saturated heterocycles. The Labute approximate surface area is 141 Å². The van der Waals surface area contributed by atoms with Crippen LogP contribution in [0.3, 0.4) is 0 Å². The fraction of sp³-hybridized carbons (Fsp3) is 0.125. The van der Waals surface area contributed by atoms with Crippen LogP contribution in [-0.2, 0) is 11.3 Å². The fourth-order valence-corrected chi connectivity index (χ4v) is 2.64. The van der Waals surface area contributed by atoms with Gasteiger partial charge in [-0.2, -0.15) is 0 Å². The van der Waals surface area contributed by atoms with Crippen LogP contribution < -0.4 is 5.32 Å². The lowest BCUT2D eigenvalue weighted by molar-refractivity contribution is -0.384. The van der Waals surface area contributed by atoms with Crippen molar-refractivity contribution in [3.05, 3.63) is 63.5 Å². The van der Waals surface area contributed by atoms with E-state index in [9.17, 15) is 14.9 Å². The van der Waals surface area contributed by atoms with Crippen molar-refractivity contribution in [2.75, 3.05) is 5.32 Å². The molecule has 24 heavy (non-hydrogen) atoms. The molecule has 1 heterocycles. The summed E-state index contributed by atoms with van der Waals surface area (Å²) in [4.78, 5) is 22.6. The van der Waals surface area contributed by atoms with Crippen LogP contribution in [0.15, 0.2) is 52.9 Å². The van der Waals surface area contributed by atoms with Crippen molar-refractivity contribution in [2.24, 2.45) is 0 Å². The summed E-state index contributed by atoms with van der Waals surface area (Å²) in [6, 6.07) is 13.2. The predicted molar refractivity (Wildman–Crippen MR) is 91.4 cm³/mol. The van der Waals surface area contributed by atoms with E-state index in [-0.39, 0.29) is 18.0 Å². The first-order valence-electron chi connectivity index (χ1n) is 7.17. The van der Waals surface area contributed by atoms with Gasteiger partial charge < -0.3 is 9.73 Å². The number of oxazole rings is 1. The number of rotatable bonds is 5. The topological polar surface area (TPSA) is 90.3 Å². The molecule has 0 radical (unpaired) electrons. The Balaban J connectivity index is 1.69. The molecule has 0 aliphatic rings. The highest BCUT2D eigenvalue weighted by molar-refractivity contribution is 7.71. The summed E-state index contributed by atoms with van der Waals surface area (Å²) in [6.07, 6.45) is 0.167. The predicted octanol–water partition coefficient (Wildman–Crippen LogP) is 3.90. The maximum absolute atomic E-state index is 12.1. The third-order valence-corrected chi connectivity index (χ3v) is 3.78. The van der Waals surface area contributed by atoms with E-state index in [2.05, 4.69) is 5.32 Å². The van der Waals surface area contributed by atoms with E-state index in [1.165, 1.54) is 18.2 Å². The van der Waals surface area contributed by atoms with Gasteiger partial charge in [-0.3, -0.25) is 19.5 Å². The fourth-order valence-electron chi connectivity index (χ4n) is 2.36. The van der Waals surface area contributed by atoms with Crippen molar-refractivity contribution in [3.63, 3.8) is 0 Å². The lowest BCUT2D eigenvalue weighted by Gasteiger charge is -2.06. The number of carbonyl (C=O) groups excluding carboxylic acids is 1. The molecule has 0 fully saturated rings. The smallest absolute Gasteiger partial charge is 0.271 e. The van der Waals surface area contributed by atoms with E-state index < -0.39 is 4.92 Å². The number of nitrogens with zero attached hydrogens (tertiary/aromatic N) is 2. The Morgan fingerprint density at radius 3 is 2.83 bits per heavy atom. The zero-order valence-corrected chi connectivity index (χ0v) is 13.3. The molecule has 0 bridgehead atoms. The summed E-state index contributed by atoms with van der Waals surface area (Å²) in [5.41, 5.74) is 1.80. The zero-order valence-electron chi connectivity index (χ0n) is 12.5. The van der Waals surface area contributed by atoms with E-state index in [1.807, 2.05) is 24.3 Å². The maximum Gasteiger partial charge on any atom is 0.271 e. The van der Waals surface area contributed by atoms with E-state index in [1.54, 1.807) is 10.6 Å². The molecule has 0 atom stereocenters. The summed E-state index contributed by atoms with van der Waals surface area (Å²) < 4.78 is 7.21. The van der Waals surface area contributed by atoms with Crippen LogP contribution in [0.5, 0.6) is 0 Å². The number of fused-ring (bicyclic) bond motifs is 1. The normalized spacial score (nSPS) is 10.7. The molecule has 0 unspecified atom stereocenters. The minimum atomic E-state index is -0.507. The lowest BCUT2D eigenvalue weighted by atomic mass is 10.2. The van der Waals surface area contributed by atoms with Gasteiger partial charge in [-0.25, -0.2) is 0 Å². The zero-order chi connectivity index (χ0) is 17.1. The van der Waals surface area contributed by atoms with E-state index >= 15 is 0 Å². The minimum Gasteiger partial charge on any atom is -0.429 e. The monoisotopic (exact) mass is 343 g/mol. The summed E-state index contributed by atoms with van der Waals surface area (Å²) in [5, 5.41) is 13.4. The van der Waals surface area contributed by atoms with Crippen LogP contribution in [0.25, 0.3) is 11.1 Å². The summed E-state index contributed by atoms with van der Waals surface area (Å²) in [6.45, 7) is 0.358. The number of hydrogen-bond acceptors (Lipinski definition) is 5. The van der Waals surface area contributed by atoms with Crippen LogP contribution in [-0.4, -0.2) is 15.4 Å². The summed E-state index contributed by atoms with van der Waals surface area (Å²) >= 11 is 5.17. The average Bonchev–Trinajstić information content (AvgIpc) is 2.88. The Bertz CT molecular complexity index is 977. The van der Waals surface area contributed by atoms with E-state index in [4.69, 9.17) is 16.6 Å². The molecule has 7 nitrogen and oxygen atoms in total. The van der Waals surface area contributed by atoms with Gasteiger partial charge in [0.2, 0.25) is 5.91 Å². The van der Waals surface area contributed by atoms with Gasteiger partial charge in [0.1, 0.15) is 0 Å². The Morgan fingerprint density at radius 2 is 2.04 bits per heavy atom. The number of aryl methyl sites for hydroxylation is 1. The number of anilines is 1. The Kier molecular flexibility index (Phi) is 4.39. The number of amides is 1. The molecule has 3 aromatic rings. The SMILES string of the molecule is O=C(CCn1c(=S)oc2ccccc21)Nc1cccc([N+](=O)[O-])c1. The van der Waals surface area contributed by atoms with Crippen LogP contribution >= 0.6 is 12.2 Å². The molecule has 0 aliphatic carbocycles. The number of nitro benzene ring substituents is 1. The quantitative estimate of drug-likeness (QED) is 0.431. The highest BCUT2D eigenvalue weighted by atomic mass is 32.1. The number of non-ortho nitro benzene ring substituents is 1. The maximum atomic E-state index is 12.1. The van der Waals surface area contributed by atoms with Crippen molar-refractivity contribution in [3.8, 4) is 0 Å². The second kappa shape index (κ2) is 6.63. The van der Waals surface area contributed by atoms with Crippen molar-refractivity contribution < 1.29 is 14.1 Å². The third-order valence-electron chi connectivity index (χ3n) is 3.48. The molecule has 1 aromatic heterocycles. The van der Waals surface area contributed by atoms with Gasteiger partial charge in [0.25, 0.3) is 10.5 Å². The van der Waals surface area contributed by atoms with Crippen LogP contribution in [0, 0.1) is 15.0 Å². The number of benzene rings is 2. The molecule has 0 aliphatic heterocycles. The first-order chi connectivity index (χ1) is 11.5. The number of hydrogen-bond donors (Lipinski definition) is 1. The lowest BCUT2D eigenvalue weighted by Crippen LogP contribution is -2.14. The summed E-state index contributed by atoms with van der Waals surface area (Å²) in [5.74, 6) is -0.261. The van der Waals surface area contributed by atoms with Gasteiger partial charge in [-0.15, -0.1) is 0 Å². The molecular formula is C16H13N3O4S. The summed E-state index contributed by atoms with van der Waals surface area (Å²) in [7, 11) is 0. The van der Waals surface area contributed by atoms with Gasteiger partial charge in [-0.05, 0) is 30.4 Å². The van der Waals surface area contributed by atoms with Gasteiger partial charge >= 0.3 is 0 Å². The van der Waals surface area contributed by atoms with Crippen LogP contribution in [0.2, 0.25) is 0 Å². The largest absolute Gasteiger partial charge is 0.429 e. The number of aromatic nitrogens is 1. The highest BCUT2D eigenvalue weighted by Crippen LogP contribution is 2.19. The van der Waals surface area contributed by atoms with E-state index in [0.29, 0.717) is 22.7 Å². The second-order valence-corrected chi connectivity index (χ2v) is 5.44. The third kappa shape index (κ3) is 3.33. The Morgan fingerprint density at radius 1 is 1.25 bits per heavy atom. The van der Waals surface area contributed by atoms with Gasteiger partial charge in [0, 0.05) is 30.8 Å². The van der Waals surface area contributed by atoms with Gasteiger partial charge in [-0.1, -0.05) is 18.2 Å². The molecule has 1 amide bonds. The van der Waals surface area contributed by atoms with Crippen molar-refractivity contribution in [2.45, 2.75) is 13.0 Å². The van der Waals surface area contributed by atoms with Crippen molar-refractivity contribution in [1.82, 2.24) is 4.57 Å². The number of carbonyl (C=O) groups is 1. The first kappa shape index (κ1) is 15.9. The molecule has 0 saturated carbocycles. The van der Waals surface area contributed by atoms with Crippen LogP contribution in [0.4, 0.5) is 11.4 Å². The molecule has 0 spiro atoms. The van der Waals surface area contributed by atoms with Gasteiger partial charge in [0.15, 0.2) is 5.58 Å².